The van der Waals surface area contributed by atoms with Crippen molar-refractivity contribution in [2.75, 3.05) is 0 Å². The number of aryl methyl sites for hydroxylation is 1. The van der Waals surface area contributed by atoms with Crippen LogP contribution in [0.1, 0.15) is 21.7 Å². The monoisotopic (exact) mass is 251 g/mol. The van der Waals surface area contributed by atoms with Gasteiger partial charge in [-0.1, -0.05) is 0 Å². The second kappa shape index (κ2) is 4.32. The van der Waals surface area contributed by atoms with Crippen molar-refractivity contribution >= 4 is 11.8 Å². The fourth-order valence-corrected chi connectivity index (χ4v) is 1.59. The highest BCUT2D eigenvalue weighted by atomic mass is 16.6. The number of aromatic carboxylic acids is 1. The molecule has 1 N–H and O–H groups in total. The van der Waals surface area contributed by atoms with Crippen LogP contribution >= 0.6 is 0 Å². The van der Waals surface area contributed by atoms with Crippen LogP contribution in [0.3, 0.4) is 0 Å². The summed E-state index contributed by atoms with van der Waals surface area (Å²) in [6.45, 7) is 1.67. The van der Waals surface area contributed by atoms with E-state index in [1.165, 1.54) is 23.2 Å². The van der Waals surface area contributed by atoms with Crippen LogP contribution < -0.4 is 0 Å². The molecule has 0 saturated heterocycles. The first kappa shape index (κ1) is 11.8. The third-order valence-corrected chi connectivity index (χ3v) is 2.36. The number of carboxylic acids is 1. The molecule has 2 aromatic rings. The van der Waals surface area contributed by atoms with Crippen LogP contribution in [0.15, 0.2) is 22.9 Å². The number of nitro groups is 1. The maximum Gasteiger partial charge on any atom is 0.392 e. The number of carbonyl (C=O) groups is 1. The summed E-state index contributed by atoms with van der Waals surface area (Å²) in [5.41, 5.74) is 0.820. The third-order valence-electron chi connectivity index (χ3n) is 2.36. The van der Waals surface area contributed by atoms with Crippen LogP contribution in [-0.4, -0.2) is 25.8 Å². The number of aromatic nitrogens is 2. The summed E-state index contributed by atoms with van der Waals surface area (Å²) >= 11 is 0. The molecule has 2 rings (SSSR count). The summed E-state index contributed by atoms with van der Waals surface area (Å²) in [6.07, 6.45) is 2.74. The zero-order valence-electron chi connectivity index (χ0n) is 9.36. The van der Waals surface area contributed by atoms with Gasteiger partial charge < -0.3 is 19.6 Å². The number of nitrogens with zero attached hydrogens (tertiary/aromatic N) is 3. The van der Waals surface area contributed by atoms with E-state index in [1.807, 2.05) is 0 Å². The fourth-order valence-electron chi connectivity index (χ4n) is 1.59. The van der Waals surface area contributed by atoms with Gasteiger partial charge in [0.05, 0.1) is 29.7 Å². The molecule has 0 radical (unpaired) electrons. The summed E-state index contributed by atoms with van der Waals surface area (Å²) < 4.78 is 6.12. The van der Waals surface area contributed by atoms with Crippen molar-refractivity contribution in [1.82, 2.24) is 9.78 Å². The van der Waals surface area contributed by atoms with Gasteiger partial charge in [-0.05, 0) is 17.9 Å². The number of hydrogen-bond donors (Lipinski definition) is 1. The van der Waals surface area contributed by atoms with E-state index in [2.05, 4.69) is 5.10 Å². The number of furan rings is 1. The molecule has 0 unspecified atom stereocenters. The van der Waals surface area contributed by atoms with Gasteiger partial charge in [0.2, 0.25) is 5.76 Å². The molecule has 0 amide bonds. The first-order valence-electron chi connectivity index (χ1n) is 4.97. The van der Waals surface area contributed by atoms with E-state index >= 15 is 0 Å². The van der Waals surface area contributed by atoms with Gasteiger partial charge in [0, 0.05) is 5.56 Å². The first-order valence-corrected chi connectivity index (χ1v) is 4.97. The van der Waals surface area contributed by atoms with Gasteiger partial charge in [-0.3, -0.25) is 0 Å². The Labute approximate surface area is 101 Å². The van der Waals surface area contributed by atoms with Crippen molar-refractivity contribution in [2.45, 2.75) is 13.5 Å². The SMILES string of the molecule is Cc1cn(Cc2ccoc2C(=O)O)nc1[N+](=O)[O-]. The average Bonchev–Trinajstić information content (AvgIpc) is 2.85. The van der Waals surface area contributed by atoms with E-state index in [9.17, 15) is 14.9 Å². The van der Waals surface area contributed by atoms with Gasteiger partial charge in [-0.25, -0.2) is 4.79 Å². The van der Waals surface area contributed by atoms with Gasteiger partial charge in [-0.15, -0.1) is 0 Å². The Hall–Kier alpha value is -2.64. The molecule has 8 heteroatoms. The molecule has 0 aliphatic heterocycles. The lowest BCUT2D eigenvalue weighted by Crippen LogP contribution is -2.05. The second-order valence-corrected chi connectivity index (χ2v) is 3.67. The predicted octanol–water partition coefficient (Wildman–Crippen LogP) is 1.44. The Kier molecular flexibility index (Phi) is 2.84. The molecule has 2 heterocycles. The maximum atomic E-state index is 10.8. The summed E-state index contributed by atoms with van der Waals surface area (Å²) in [6, 6.07) is 1.49. The van der Waals surface area contributed by atoms with Gasteiger partial charge in [-0.2, -0.15) is 4.68 Å². The number of rotatable bonds is 4. The summed E-state index contributed by atoms with van der Waals surface area (Å²) in [5, 5.41) is 23.2. The van der Waals surface area contributed by atoms with Crippen molar-refractivity contribution in [2.24, 2.45) is 0 Å². The lowest BCUT2D eigenvalue weighted by atomic mass is 10.2. The normalized spacial score (nSPS) is 10.5. The van der Waals surface area contributed by atoms with E-state index < -0.39 is 10.9 Å². The van der Waals surface area contributed by atoms with Crippen molar-refractivity contribution in [1.29, 1.82) is 0 Å². The predicted molar refractivity (Wildman–Crippen MR) is 58.4 cm³/mol. The molecule has 0 fully saturated rings. The largest absolute Gasteiger partial charge is 0.475 e. The molecule has 0 saturated carbocycles. The number of carboxylic acid groups (broad SMARTS) is 1. The van der Waals surface area contributed by atoms with E-state index in [0.29, 0.717) is 11.1 Å². The van der Waals surface area contributed by atoms with E-state index in [-0.39, 0.29) is 18.1 Å². The molecule has 0 atom stereocenters. The molecule has 18 heavy (non-hydrogen) atoms. The Balaban J connectivity index is 2.29. The average molecular weight is 251 g/mol. The van der Waals surface area contributed by atoms with Crippen LogP contribution in [0.5, 0.6) is 0 Å². The molecule has 2 aromatic heterocycles. The van der Waals surface area contributed by atoms with Crippen LogP contribution in [0.2, 0.25) is 0 Å². The molecule has 94 valence electrons. The zero-order valence-corrected chi connectivity index (χ0v) is 9.36. The van der Waals surface area contributed by atoms with Crippen LogP contribution in [0.4, 0.5) is 5.82 Å². The maximum absolute atomic E-state index is 10.8. The van der Waals surface area contributed by atoms with Crippen LogP contribution in [0, 0.1) is 17.0 Å². The fraction of sp³-hybridized carbons (Fsp3) is 0.200. The molecular weight excluding hydrogens is 242 g/mol. The minimum atomic E-state index is -1.19. The topological polar surface area (TPSA) is 111 Å². The first-order chi connectivity index (χ1) is 8.49. The lowest BCUT2D eigenvalue weighted by Gasteiger charge is -1.95. The van der Waals surface area contributed by atoms with E-state index in [1.54, 1.807) is 6.92 Å². The Morgan fingerprint density at radius 3 is 2.94 bits per heavy atom. The van der Waals surface area contributed by atoms with Crippen LogP contribution in [0.25, 0.3) is 0 Å². The molecule has 0 bridgehead atoms. The standard InChI is InChI=1S/C10H9N3O5/c1-6-4-12(11-9(6)13(16)17)5-7-2-3-18-8(7)10(14)15/h2-4H,5H2,1H3,(H,14,15). The summed E-state index contributed by atoms with van der Waals surface area (Å²) in [4.78, 5) is 20.9. The minimum Gasteiger partial charge on any atom is -0.475 e. The Morgan fingerprint density at radius 1 is 1.67 bits per heavy atom. The molecule has 0 aliphatic rings. The molecule has 0 spiro atoms. The van der Waals surface area contributed by atoms with Crippen molar-refractivity contribution in [3.63, 3.8) is 0 Å². The number of hydrogen-bond acceptors (Lipinski definition) is 5. The minimum absolute atomic E-state index is 0.104. The highest BCUT2D eigenvalue weighted by molar-refractivity contribution is 5.86. The van der Waals surface area contributed by atoms with E-state index in [0.717, 1.165) is 0 Å². The lowest BCUT2D eigenvalue weighted by molar-refractivity contribution is -0.390. The summed E-state index contributed by atoms with van der Waals surface area (Å²) in [5.74, 6) is -1.62. The van der Waals surface area contributed by atoms with Gasteiger partial charge in [0.15, 0.2) is 0 Å². The van der Waals surface area contributed by atoms with E-state index in [4.69, 9.17) is 9.52 Å². The second-order valence-electron chi connectivity index (χ2n) is 3.67. The van der Waals surface area contributed by atoms with Crippen molar-refractivity contribution < 1.29 is 19.2 Å². The molecule has 0 aromatic carbocycles. The summed E-state index contributed by atoms with van der Waals surface area (Å²) in [7, 11) is 0. The highest BCUT2D eigenvalue weighted by Gasteiger charge is 2.20. The van der Waals surface area contributed by atoms with Crippen molar-refractivity contribution in [3.05, 3.63) is 45.5 Å². The molecule has 0 aliphatic carbocycles. The Morgan fingerprint density at radius 2 is 2.39 bits per heavy atom. The Bertz CT molecular complexity index is 613. The highest BCUT2D eigenvalue weighted by Crippen LogP contribution is 2.17. The van der Waals surface area contributed by atoms with Gasteiger partial charge in [0.1, 0.15) is 0 Å². The van der Waals surface area contributed by atoms with Gasteiger partial charge in [0.25, 0.3) is 0 Å². The quantitative estimate of drug-likeness (QED) is 0.650. The van der Waals surface area contributed by atoms with Crippen molar-refractivity contribution in [3.8, 4) is 0 Å². The van der Waals surface area contributed by atoms with Crippen LogP contribution in [-0.2, 0) is 6.54 Å². The van der Waals surface area contributed by atoms with Gasteiger partial charge >= 0.3 is 11.8 Å². The smallest absolute Gasteiger partial charge is 0.392 e. The third kappa shape index (κ3) is 2.08. The molecule has 8 nitrogen and oxygen atoms in total. The molecular formula is C10H9N3O5. The zero-order chi connectivity index (χ0) is 13.3.